The summed E-state index contributed by atoms with van der Waals surface area (Å²) in [6.07, 6.45) is 1.46. The van der Waals surface area contributed by atoms with E-state index in [1.54, 1.807) is 42.5 Å². The van der Waals surface area contributed by atoms with Gasteiger partial charge in [0.1, 0.15) is 5.82 Å². The van der Waals surface area contributed by atoms with Gasteiger partial charge in [-0.25, -0.2) is 9.82 Å². The van der Waals surface area contributed by atoms with E-state index in [2.05, 4.69) is 15.8 Å². The molecule has 0 aromatic heterocycles. The minimum atomic E-state index is -0.403. The maximum absolute atomic E-state index is 13.0. The van der Waals surface area contributed by atoms with E-state index in [1.807, 2.05) is 6.92 Å². The molecule has 170 valence electrons. The SMILES string of the molecule is CCOc1cc(/C=N/NC(=O)c2ccc(Cl)cc2)ccc1OCC(=O)Nc1ccc(F)cc1. The molecule has 0 fully saturated rings. The van der Waals surface area contributed by atoms with Crippen molar-refractivity contribution < 1.29 is 23.5 Å². The first-order valence-electron chi connectivity index (χ1n) is 9.98. The fourth-order valence-corrected chi connectivity index (χ4v) is 2.82. The summed E-state index contributed by atoms with van der Waals surface area (Å²) in [5, 5.41) is 7.11. The van der Waals surface area contributed by atoms with Gasteiger partial charge in [-0.3, -0.25) is 9.59 Å². The lowest BCUT2D eigenvalue weighted by molar-refractivity contribution is -0.118. The van der Waals surface area contributed by atoms with E-state index in [1.165, 1.54) is 30.5 Å². The molecule has 0 saturated carbocycles. The molecule has 3 rings (SSSR count). The van der Waals surface area contributed by atoms with Crippen LogP contribution in [0.4, 0.5) is 10.1 Å². The molecule has 0 spiro atoms. The summed E-state index contributed by atoms with van der Waals surface area (Å²) >= 11 is 5.82. The van der Waals surface area contributed by atoms with Crippen molar-refractivity contribution in [1.29, 1.82) is 0 Å². The molecule has 0 aliphatic rings. The first kappa shape index (κ1) is 23.7. The summed E-state index contributed by atoms with van der Waals surface area (Å²) in [4.78, 5) is 24.2. The average Bonchev–Trinajstić information content (AvgIpc) is 2.80. The smallest absolute Gasteiger partial charge is 0.271 e. The van der Waals surface area contributed by atoms with Gasteiger partial charge in [0, 0.05) is 16.3 Å². The second-order valence-electron chi connectivity index (χ2n) is 6.69. The predicted octanol–water partition coefficient (Wildman–Crippen LogP) is 4.66. The third-order valence-corrected chi connectivity index (χ3v) is 4.49. The van der Waals surface area contributed by atoms with Crippen molar-refractivity contribution in [3.8, 4) is 11.5 Å². The van der Waals surface area contributed by atoms with Crippen LogP contribution >= 0.6 is 11.6 Å². The van der Waals surface area contributed by atoms with Crippen LogP contribution < -0.4 is 20.2 Å². The number of halogens is 2. The van der Waals surface area contributed by atoms with E-state index in [9.17, 15) is 14.0 Å². The van der Waals surface area contributed by atoms with Crippen LogP contribution in [0.2, 0.25) is 5.02 Å². The van der Waals surface area contributed by atoms with Gasteiger partial charge in [0.25, 0.3) is 11.8 Å². The van der Waals surface area contributed by atoms with E-state index in [4.69, 9.17) is 21.1 Å². The van der Waals surface area contributed by atoms with Gasteiger partial charge in [-0.2, -0.15) is 5.10 Å². The van der Waals surface area contributed by atoms with Crippen LogP contribution in [-0.4, -0.2) is 31.2 Å². The molecule has 0 bridgehead atoms. The predicted molar refractivity (Wildman–Crippen MR) is 125 cm³/mol. The molecule has 2 N–H and O–H groups in total. The van der Waals surface area contributed by atoms with Crippen molar-refractivity contribution in [1.82, 2.24) is 5.43 Å². The summed E-state index contributed by atoms with van der Waals surface area (Å²) in [5.74, 6) is -0.382. The first-order valence-corrected chi connectivity index (χ1v) is 10.4. The molecule has 7 nitrogen and oxygen atoms in total. The van der Waals surface area contributed by atoms with Crippen LogP contribution in [0.3, 0.4) is 0 Å². The molecule has 3 aromatic rings. The molecule has 0 unspecified atom stereocenters. The molecule has 0 aliphatic carbocycles. The zero-order chi connectivity index (χ0) is 23.6. The number of amides is 2. The highest BCUT2D eigenvalue weighted by atomic mass is 35.5. The van der Waals surface area contributed by atoms with Gasteiger partial charge in [-0.15, -0.1) is 0 Å². The Bertz CT molecular complexity index is 1140. The zero-order valence-corrected chi connectivity index (χ0v) is 18.4. The highest BCUT2D eigenvalue weighted by Crippen LogP contribution is 2.28. The molecular weight excluding hydrogens is 449 g/mol. The normalized spacial score (nSPS) is 10.6. The maximum atomic E-state index is 13.0. The highest BCUT2D eigenvalue weighted by Gasteiger charge is 2.10. The topological polar surface area (TPSA) is 89.0 Å². The van der Waals surface area contributed by atoms with Crippen molar-refractivity contribution in [2.75, 3.05) is 18.5 Å². The molecule has 33 heavy (non-hydrogen) atoms. The lowest BCUT2D eigenvalue weighted by Gasteiger charge is -2.12. The van der Waals surface area contributed by atoms with Gasteiger partial charge in [-0.1, -0.05) is 11.6 Å². The fraction of sp³-hybridized carbons (Fsp3) is 0.125. The zero-order valence-electron chi connectivity index (χ0n) is 17.7. The molecule has 9 heteroatoms. The Labute approximate surface area is 195 Å². The number of carbonyl (C=O) groups excluding carboxylic acids is 2. The quantitative estimate of drug-likeness (QED) is 0.352. The average molecular weight is 470 g/mol. The van der Waals surface area contributed by atoms with Crippen LogP contribution in [0, 0.1) is 5.82 Å². The Morgan fingerprint density at radius 3 is 2.42 bits per heavy atom. The first-order chi connectivity index (χ1) is 15.9. The summed E-state index contributed by atoms with van der Waals surface area (Å²) in [6.45, 7) is 1.94. The molecule has 0 atom stereocenters. The Hall–Kier alpha value is -3.91. The number of hydrogen-bond donors (Lipinski definition) is 2. The molecule has 0 saturated heterocycles. The van der Waals surface area contributed by atoms with Gasteiger partial charge in [0.2, 0.25) is 0 Å². The Morgan fingerprint density at radius 1 is 1.00 bits per heavy atom. The Balaban J connectivity index is 1.59. The minimum absolute atomic E-state index is 0.262. The van der Waals surface area contributed by atoms with Gasteiger partial charge in [0.05, 0.1) is 12.8 Å². The number of ether oxygens (including phenoxy) is 2. The summed E-state index contributed by atoms with van der Waals surface area (Å²) in [6, 6.07) is 16.9. The third-order valence-electron chi connectivity index (χ3n) is 4.24. The molecule has 0 aliphatic heterocycles. The number of anilines is 1. The molecule has 3 aromatic carbocycles. The van der Waals surface area contributed by atoms with Gasteiger partial charge in [-0.05, 0) is 79.2 Å². The van der Waals surface area contributed by atoms with Crippen molar-refractivity contribution >= 4 is 35.3 Å². The summed E-state index contributed by atoms with van der Waals surface area (Å²) in [7, 11) is 0. The van der Waals surface area contributed by atoms with Crippen LogP contribution in [0.15, 0.2) is 71.8 Å². The number of hydrogen-bond acceptors (Lipinski definition) is 5. The number of rotatable bonds is 9. The molecule has 0 heterocycles. The monoisotopic (exact) mass is 469 g/mol. The van der Waals surface area contributed by atoms with E-state index < -0.39 is 11.7 Å². The Morgan fingerprint density at radius 2 is 1.73 bits per heavy atom. The van der Waals surface area contributed by atoms with Crippen LogP contribution in [-0.2, 0) is 4.79 Å². The summed E-state index contributed by atoms with van der Waals surface area (Å²) in [5.41, 5.74) is 3.98. The highest BCUT2D eigenvalue weighted by molar-refractivity contribution is 6.30. The number of nitrogens with zero attached hydrogens (tertiary/aromatic N) is 1. The third kappa shape index (κ3) is 7.33. The second kappa shape index (κ2) is 11.6. The van der Waals surface area contributed by atoms with Crippen molar-refractivity contribution in [3.05, 3.63) is 88.7 Å². The lowest BCUT2D eigenvalue weighted by atomic mass is 10.2. The van der Waals surface area contributed by atoms with E-state index >= 15 is 0 Å². The molecule has 0 radical (unpaired) electrons. The minimum Gasteiger partial charge on any atom is -0.490 e. The lowest BCUT2D eigenvalue weighted by Crippen LogP contribution is -2.20. The number of carbonyl (C=O) groups is 2. The van der Waals surface area contributed by atoms with E-state index in [0.29, 0.717) is 39.9 Å². The molecular formula is C24H21ClFN3O4. The fourth-order valence-electron chi connectivity index (χ4n) is 2.70. The number of nitrogens with one attached hydrogen (secondary N) is 2. The second-order valence-corrected chi connectivity index (χ2v) is 7.13. The van der Waals surface area contributed by atoms with E-state index in [-0.39, 0.29) is 12.5 Å². The van der Waals surface area contributed by atoms with E-state index in [0.717, 1.165) is 0 Å². The summed E-state index contributed by atoms with van der Waals surface area (Å²) < 4.78 is 24.1. The van der Waals surface area contributed by atoms with Crippen LogP contribution in [0.1, 0.15) is 22.8 Å². The van der Waals surface area contributed by atoms with Crippen LogP contribution in [0.5, 0.6) is 11.5 Å². The maximum Gasteiger partial charge on any atom is 0.271 e. The molecule has 2 amide bonds. The standard InChI is InChI=1S/C24H21ClFN3O4/c1-2-32-22-13-16(14-27-29-24(31)17-4-6-18(25)7-5-17)3-12-21(22)33-15-23(30)28-20-10-8-19(26)9-11-20/h3-14H,2,15H2,1H3,(H,28,30)(H,29,31)/b27-14+. The van der Waals surface area contributed by atoms with Gasteiger partial charge < -0.3 is 14.8 Å². The number of hydrazone groups is 1. The Kier molecular flexibility index (Phi) is 8.37. The van der Waals surface area contributed by atoms with Gasteiger partial charge >= 0.3 is 0 Å². The van der Waals surface area contributed by atoms with Gasteiger partial charge in [0.15, 0.2) is 18.1 Å². The van der Waals surface area contributed by atoms with Crippen molar-refractivity contribution in [2.45, 2.75) is 6.92 Å². The van der Waals surface area contributed by atoms with Crippen molar-refractivity contribution in [2.24, 2.45) is 5.10 Å². The largest absolute Gasteiger partial charge is 0.490 e. The number of benzene rings is 3. The van der Waals surface area contributed by atoms with Crippen LogP contribution in [0.25, 0.3) is 0 Å². The van der Waals surface area contributed by atoms with Crippen molar-refractivity contribution in [3.63, 3.8) is 0 Å².